The van der Waals surface area contributed by atoms with E-state index in [9.17, 15) is 14.7 Å². The predicted molar refractivity (Wildman–Crippen MR) is 103 cm³/mol. The second-order valence-corrected chi connectivity index (χ2v) is 6.93. The van der Waals surface area contributed by atoms with Gasteiger partial charge in [-0.3, -0.25) is 9.78 Å². The van der Waals surface area contributed by atoms with E-state index in [2.05, 4.69) is 21.7 Å². The van der Waals surface area contributed by atoms with Gasteiger partial charge >= 0.3 is 6.03 Å². The fourth-order valence-electron chi connectivity index (χ4n) is 3.52. The lowest BCUT2D eigenvalue weighted by atomic mass is 10.0. The predicted octanol–water partition coefficient (Wildman–Crippen LogP) is 1.31. The molecule has 0 saturated carbocycles. The van der Waals surface area contributed by atoms with E-state index >= 15 is 0 Å². The van der Waals surface area contributed by atoms with Crippen molar-refractivity contribution in [2.75, 3.05) is 26.7 Å². The van der Waals surface area contributed by atoms with Crippen molar-refractivity contribution in [3.8, 4) is 0 Å². The summed E-state index contributed by atoms with van der Waals surface area (Å²) in [6.07, 6.45) is 3.06. The van der Waals surface area contributed by atoms with Gasteiger partial charge in [0.05, 0.1) is 11.6 Å². The summed E-state index contributed by atoms with van der Waals surface area (Å²) >= 11 is 0. The number of aryl methyl sites for hydroxylation is 1. The topological polar surface area (TPSA) is 94.6 Å². The van der Waals surface area contributed by atoms with Crippen molar-refractivity contribution < 1.29 is 14.7 Å². The lowest BCUT2D eigenvalue weighted by molar-refractivity contribution is -0.122. The number of β-amino-alcohol motifs (C(OH)–C–C–N with tert-alkyl or cyclic N) is 1. The molecule has 2 heterocycles. The van der Waals surface area contributed by atoms with Crippen LogP contribution in [0.1, 0.15) is 18.4 Å². The Labute approximate surface area is 158 Å². The van der Waals surface area contributed by atoms with Crippen molar-refractivity contribution in [2.45, 2.75) is 25.4 Å². The summed E-state index contributed by atoms with van der Waals surface area (Å²) in [7, 11) is 1.57. The number of likely N-dealkylation sites (tertiary alicyclic amines) is 1. The van der Waals surface area contributed by atoms with Crippen molar-refractivity contribution in [2.24, 2.45) is 5.92 Å². The van der Waals surface area contributed by atoms with Crippen LogP contribution in [0, 0.1) is 5.92 Å². The maximum Gasteiger partial charge on any atom is 0.317 e. The molecule has 0 aliphatic carbocycles. The molecule has 0 unspecified atom stereocenters. The molecule has 7 heteroatoms. The Morgan fingerprint density at radius 2 is 2.07 bits per heavy atom. The molecule has 3 amide bonds. The van der Waals surface area contributed by atoms with Crippen molar-refractivity contribution in [3.05, 3.63) is 42.1 Å². The quantitative estimate of drug-likeness (QED) is 0.668. The molecular weight excluding hydrogens is 344 g/mol. The van der Waals surface area contributed by atoms with Gasteiger partial charge in [-0.2, -0.15) is 0 Å². The molecule has 144 valence electrons. The first-order valence-corrected chi connectivity index (χ1v) is 9.32. The maximum absolute atomic E-state index is 12.3. The lowest BCUT2D eigenvalue weighted by Crippen LogP contribution is -2.39. The maximum atomic E-state index is 12.3. The zero-order chi connectivity index (χ0) is 19.2. The third-order valence-electron chi connectivity index (χ3n) is 5.06. The number of carbonyl (C=O) groups is 2. The van der Waals surface area contributed by atoms with E-state index in [4.69, 9.17) is 0 Å². The van der Waals surface area contributed by atoms with E-state index in [0.717, 1.165) is 23.7 Å². The van der Waals surface area contributed by atoms with Crippen LogP contribution >= 0.6 is 0 Å². The smallest absolute Gasteiger partial charge is 0.317 e. The minimum Gasteiger partial charge on any atom is -0.391 e. The van der Waals surface area contributed by atoms with Crippen LogP contribution < -0.4 is 10.6 Å². The van der Waals surface area contributed by atoms with Gasteiger partial charge in [-0.1, -0.05) is 18.2 Å². The Kier molecular flexibility index (Phi) is 6.24. The van der Waals surface area contributed by atoms with Gasteiger partial charge in [-0.05, 0) is 30.5 Å². The highest BCUT2D eigenvalue weighted by Gasteiger charge is 2.34. The van der Waals surface area contributed by atoms with Crippen LogP contribution in [0.3, 0.4) is 0 Å². The fourth-order valence-corrected chi connectivity index (χ4v) is 3.52. The summed E-state index contributed by atoms with van der Waals surface area (Å²) < 4.78 is 0. The third kappa shape index (κ3) is 4.74. The molecule has 2 aromatic rings. The van der Waals surface area contributed by atoms with Crippen LogP contribution in [-0.4, -0.2) is 59.7 Å². The number of hydrogen-bond donors (Lipinski definition) is 3. The molecule has 3 rings (SSSR count). The number of benzene rings is 1. The van der Waals surface area contributed by atoms with Crippen LogP contribution in [0.5, 0.6) is 0 Å². The van der Waals surface area contributed by atoms with E-state index in [0.29, 0.717) is 13.1 Å². The number of hydrogen-bond acceptors (Lipinski definition) is 4. The van der Waals surface area contributed by atoms with Gasteiger partial charge in [0.25, 0.3) is 0 Å². The molecule has 27 heavy (non-hydrogen) atoms. The van der Waals surface area contributed by atoms with Crippen LogP contribution in [-0.2, 0) is 11.2 Å². The Morgan fingerprint density at radius 1 is 1.26 bits per heavy atom. The van der Waals surface area contributed by atoms with Gasteiger partial charge in [0.2, 0.25) is 5.91 Å². The largest absolute Gasteiger partial charge is 0.391 e. The Morgan fingerprint density at radius 3 is 2.89 bits per heavy atom. The van der Waals surface area contributed by atoms with Crippen LogP contribution in [0.2, 0.25) is 0 Å². The molecule has 3 N–H and O–H groups in total. The van der Waals surface area contributed by atoms with Crippen molar-refractivity contribution in [1.82, 2.24) is 20.5 Å². The standard InChI is InChI=1S/C20H26N4O3/c1-21-19(26)11-15-12-24(13-18(15)25)20(27)23-9-4-5-14-8-10-22-17-7-3-2-6-16(14)17/h2-3,6-8,10,15,18,25H,4-5,9,11-13H2,1H3,(H,21,26)(H,23,27)/t15-,18-/m1/s1. The average molecular weight is 370 g/mol. The van der Waals surface area contributed by atoms with E-state index in [1.807, 2.05) is 30.5 Å². The highest BCUT2D eigenvalue weighted by atomic mass is 16.3. The van der Waals surface area contributed by atoms with E-state index in [1.54, 1.807) is 11.9 Å². The molecule has 1 aromatic heterocycles. The Hall–Kier alpha value is -2.67. The SMILES string of the molecule is CNC(=O)C[C@@H]1CN(C(=O)NCCCc2ccnc3ccccc23)C[C@H]1O. The first kappa shape index (κ1) is 19.1. The molecule has 1 saturated heterocycles. The van der Waals surface area contributed by atoms with Crippen LogP contribution in [0.4, 0.5) is 4.79 Å². The lowest BCUT2D eigenvalue weighted by Gasteiger charge is -2.17. The molecular formula is C20H26N4O3. The Balaban J connectivity index is 1.45. The highest BCUT2D eigenvalue weighted by molar-refractivity contribution is 5.81. The summed E-state index contributed by atoms with van der Waals surface area (Å²) in [5.41, 5.74) is 2.20. The van der Waals surface area contributed by atoms with Gasteiger partial charge in [-0.25, -0.2) is 4.79 Å². The monoisotopic (exact) mass is 370 g/mol. The minimum absolute atomic E-state index is 0.120. The number of para-hydroxylation sites is 1. The number of nitrogens with one attached hydrogen (secondary N) is 2. The summed E-state index contributed by atoms with van der Waals surface area (Å²) in [6.45, 7) is 1.22. The number of amides is 3. The number of carbonyl (C=O) groups excluding carboxylic acids is 2. The van der Waals surface area contributed by atoms with Gasteiger partial charge in [-0.15, -0.1) is 0 Å². The first-order chi connectivity index (χ1) is 13.1. The molecule has 0 bridgehead atoms. The van der Waals surface area contributed by atoms with E-state index in [1.165, 1.54) is 5.56 Å². The second-order valence-electron chi connectivity index (χ2n) is 6.93. The molecule has 0 spiro atoms. The molecule has 1 aliphatic heterocycles. The average Bonchev–Trinajstić information content (AvgIpc) is 3.05. The molecule has 2 atom stereocenters. The van der Waals surface area contributed by atoms with Crippen molar-refractivity contribution in [1.29, 1.82) is 0 Å². The fraction of sp³-hybridized carbons (Fsp3) is 0.450. The van der Waals surface area contributed by atoms with E-state index in [-0.39, 0.29) is 30.8 Å². The zero-order valence-electron chi connectivity index (χ0n) is 15.5. The molecule has 0 radical (unpaired) electrons. The second kappa shape index (κ2) is 8.81. The number of aromatic nitrogens is 1. The molecule has 1 fully saturated rings. The van der Waals surface area contributed by atoms with Crippen molar-refractivity contribution in [3.63, 3.8) is 0 Å². The van der Waals surface area contributed by atoms with Crippen molar-refractivity contribution >= 4 is 22.8 Å². The zero-order valence-corrected chi connectivity index (χ0v) is 15.5. The minimum atomic E-state index is -0.656. The number of rotatable bonds is 6. The summed E-state index contributed by atoms with van der Waals surface area (Å²) in [6, 6.07) is 9.87. The van der Waals surface area contributed by atoms with Gasteiger partial charge in [0.15, 0.2) is 0 Å². The van der Waals surface area contributed by atoms with Gasteiger partial charge < -0.3 is 20.6 Å². The number of urea groups is 1. The number of pyridine rings is 1. The summed E-state index contributed by atoms with van der Waals surface area (Å²) in [4.78, 5) is 29.7. The molecule has 1 aromatic carbocycles. The van der Waals surface area contributed by atoms with E-state index < -0.39 is 6.10 Å². The number of aliphatic hydroxyl groups is 1. The third-order valence-corrected chi connectivity index (χ3v) is 5.06. The van der Waals surface area contributed by atoms with Gasteiger partial charge in [0.1, 0.15) is 0 Å². The first-order valence-electron chi connectivity index (χ1n) is 9.32. The number of aliphatic hydroxyl groups excluding tert-OH is 1. The summed E-state index contributed by atoms with van der Waals surface area (Å²) in [5.74, 6) is -0.329. The normalized spacial score (nSPS) is 19.3. The van der Waals surface area contributed by atoms with Crippen LogP contribution in [0.15, 0.2) is 36.5 Å². The van der Waals surface area contributed by atoms with Crippen LogP contribution in [0.25, 0.3) is 10.9 Å². The molecule has 1 aliphatic rings. The highest BCUT2D eigenvalue weighted by Crippen LogP contribution is 2.20. The van der Waals surface area contributed by atoms with Gasteiger partial charge in [0, 0.05) is 50.6 Å². The molecule has 7 nitrogen and oxygen atoms in total. The Bertz CT molecular complexity index is 805. The number of fused-ring (bicyclic) bond motifs is 1. The number of nitrogens with zero attached hydrogens (tertiary/aromatic N) is 2. The summed E-state index contributed by atoms with van der Waals surface area (Å²) in [5, 5.41) is 16.7.